The molecule has 0 saturated heterocycles. The molecule has 2 aliphatic rings. The lowest BCUT2D eigenvalue weighted by atomic mass is 9.97. The van der Waals surface area contributed by atoms with E-state index in [-0.39, 0.29) is 6.61 Å². The monoisotopic (exact) mass is 256 g/mol. The SMILES string of the molecule is OC[C@H]1[C@H](C2=CC=CCC2=S)[C@@H]1c1ccccc1. The fourth-order valence-electron chi connectivity index (χ4n) is 3.01. The highest BCUT2D eigenvalue weighted by molar-refractivity contribution is 7.80. The largest absolute Gasteiger partial charge is 0.396 e. The van der Waals surface area contributed by atoms with Crippen LogP contribution in [0.1, 0.15) is 17.9 Å². The Labute approximate surface area is 113 Å². The van der Waals surface area contributed by atoms with Gasteiger partial charge in [0.2, 0.25) is 0 Å². The molecule has 2 heteroatoms. The number of aliphatic hydroxyl groups is 1. The van der Waals surface area contributed by atoms with Crippen LogP contribution in [0, 0.1) is 11.8 Å². The third kappa shape index (κ3) is 1.96. The molecule has 0 spiro atoms. The van der Waals surface area contributed by atoms with E-state index in [0.29, 0.717) is 17.8 Å². The molecular formula is C16H16OS. The normalized spacial score (nSPS) is 30.2. The van der Waals surface area contributed by atoms with Gasteiger partial charge in [0.25, 0.3) is 0 Å². The van der Waals surface area contributed by atoms with Crippen LogP contribution in [-0.4, -0.2) is 16.6 Å². The number of hydrogen-bond acceptors (Lipinski definition) is 2. The summed E-state index contributed by atoms with van der Waals surface area (Å²) in [5, 5.41) is 9.54. The summed E-state index contributed by atoms with van der Waals surface area (Å²) >= 11 is 5.45. The topological polar surface area (TPSA) is 20.2 Å². The molecule has 1 N–H and O–H groups in total. The molecule has 3 rings (SSSR count). The Morgan fingerprint density at radius 2 is 1.94 bits per heavy atom. The van der Waals surface area contributed by atoms with Crippen LogP contribution >= 0.6 is 12.2 Å². The average Bonchev–Trinajstić information content (AvgIpc) is 3.14. The molecule has 18 heavy (non-hydrogen) atoms. The minimum Gasteiger partial charge on any atom is -0.396 e. The fourth-order valence-corrected chi connectivity index (χ4v) is 3.31. The third-order valence-corrected chi connectivity index (χ3v) is 4.36. The van der Waals surface area contributed by atoms with Gasteiger partial charge in [-0.05, 0) is 28.9 Å². The molecule has 1 aromatic rings. The van der Waals surface area contributed by atoms with E-state index in [9.17, 15) is 5.11 Å². The summed E-state index contributed by atoms with van der Waals surface area (Å²) < 4.78 is 0. The zero-order valence-corrected chi connectivity index (χ0v) is 10.9. The van der Waals surface area contributed by atoms with Gasteiger partial charge >= 0.3 is 0 Å². The summed E-state index contributed by atoms with van der Waals surface area (Å²) in [6.45, 7) is 0.244. The molecule has 1 saturated carbocycles. The first-order valence-corrected chi connectivity index (χ1v) is 6.79. The van der Waals surface area contributed by atoms with Gasteiger partial charge in [-0.1, -0.05) is 60.8 Å². The van der Waals surface area contributed by atoms with E-state index in [0.717, 1.165) is 11.3 Å². The van der Waals surface area contributed by atoms with Gasteiger partial charge in [-0.25, -0.2) is 0 Å². The number of rotatable bonds is 3. The van der Waals surface area contributed by atoms with Gasteiger partial charge in [0.15, 0.2) is 0 Å². The zero-order valence-electron chi connectivity index (χ0n) is 10.1. The summed E-state index contributed by atoms with van der Waals surface area (Å²) in [5.74, 6) is 1.19. The molecule has 0 bridgehead atoms. The smallest absolute Gasteiger partial charge is 0.0471 e. The predicted octanol–water partition coefficient (Wildman–Crippen LogP) is 3.26. The molecule has 1 aromatic carbocycles. The first kappa shape index (κ1) is 11.8. The second-order valence-electron chi connectivity index (χ2n) is 4.99. The van der Waals surface area contributed by atoms with Gasteiger partial charge in [-0.3, -0.25) is 0 Å². The van der Waals surface area contributed by atoms with Crippen LogP contribution in [-0.2, 0) is 0 Å². The third-order valence-electron chi connectivity index (χ3n) is 3.96. The Morgan fingerprint density at radius 3 is 2.61 bits per heavy atom. The fraction of sp³-hybridized carbons (Fsp3) is 0.312. The average molecular weight is 256 g/mol. The standard InChI is InChI=1S/C16H16OS/c17-10-13-15(11-6-2-1-3-7-11)16(13)12-8-4-5-9-14(12)18/h1-8,13,15-17H,9-10H2/t13-,15-,16+/m1/s1. The molecular weight excluding hydrogens is 240 g/mol. The maximum absolute atomic E-state index is 9.54. The molecule has 0 amide bonds. The van der Waals surface area contributed by atoms with E-state index in [4.69, 9.17) is 12.2 Å². The maximum atomic E-state index is 9.54. The van der Waals surface area contributed by atoms with Gasteiger partial charge < -0.3 is 5.11 Å². The number of thiocarbonyl (C=S) groups is 1. The quantitative estimate of drug-likeness (QED) is 0.838. The summed E-state index contributed by atoms with van der Waals surface area (Å²) in [5.41, 5.74) is 2.58. The molecule has 1 fully saturated rings. The van der Waals surface area contributed by atoms with Gasteiger partial charge in [-0.2, -0.15) is 0 Å². The molecule has 92 valence electrons. The van der Waals surface area contributed by atoms with Gasteiger partial charge in [0.1, 0.15) is 0 Å². The van der Waals surface area contributed by atoms with E-state index in [1.54, 1.807) is 0 Å². The lowest BCUT2D eigenvalue weighted by Gasteiger charge is -2.10. The molecule has 0 radical (unpaired) electrons. The Kier molecular flexibility index (Phi) is 3.14. The Balaban J connectivity index is 1.88. The molecule has 2 aliphatic carbocycles. The van der Waals surface area contributed by atoms with Crippen molar-refractivity contribution in [1.29, 1.82) is 0 Å². The first-order valence-electron chi connectivity index (χ1n) is 6.38. The number of aliphatic hydroxyl groups excluding tert-OH is 1. The zero-order chi connectivity index (χ0) is 12.5. The van der Waals surface area contributed by atoms with Crippen molar-refractivity contribution in [2.75, 3.05) is 6.61 Å². The first-order chi connectivity index (χ1) is 8.83. The molecule has 3 atom stereocenters. The van der Waals surface area contributed by atoms with Crippen LogP contribution < -0.4 is 0 Å². The van der Waals surface area contributed by atoms with Crippen molar-refractivity contribution in [1.82, 2.24) is 0 Å². The van der Waals surface area contributed by atoms with Crippen molar-refractivity contribution in [3.63, 3.8) is 0 Å². The second-order valence-corrected chi connectivity index (χ2v) is 5.48. The van der Waals surface area contributed by atoms with E-state index in [1.165, 1.54) is 11.1 Å². The highest BCUT2D eigenvalue weighted by atomic mass is 32.1. The molecule has 0 aromatic heterocycles. The van der Waals surface area contributed by atoms with Crippen molar-refractivity contribution >= 4 is 17.1 Å². The minimum absolute atomic E-state index is 0.244. The molecule has 0 unspecified atom stereocenters. The van der Waals surface area contributed by atoms with Crippen LogP contribution in [0.2, 0.25) is 0 Å². The Bertz CT molecular complexity index is 515. The van der Waals surface area contributed by atoms with Crippen molar-refractivity contribution in [3.8, 4) is 0 Å². The van der Waals surface area contributed by atoms with Crippen LogP contribution in [0.15, 0.2) is 54.1 Å². The lowest BCUT2D eigenvalue weighted by Crippen LogP contribution is -2.05. The highest BCUT2D eigenvalue weighted by Crippen LogP contribution is 2.58. The van der Waals surface area contributed by atoms with E-state index >= 15 is 0 Å². The second kappa shape index (κ2) is 4.79. The van der Waals surface area contributed by atoms with Crippen molar-refractivity contribution in [2.24, 2.45) is 11.8 Å². The molecule has 0 aliphatic heterocycles. The van der Waals surface area contributed by atoms with Crippen LogP contribution in [0.3, 0.4) is 0 Å². The van der Waals surface area contributed by atoms with Crippen LogP contribution in [0.5, 0.6) is 0 Å². The summed E-state index contributed by atoms with van der Waals surface area (Å²) in [6, 6.07) is 10.5. The Hall–Kier alpha value is -1.25. The minimum atomic E-state index is 0.244. The summed E-state index contributed by atoms with van der Waals surface area (Å²) in [7, 11) is 0. The van der Waals surface area contributed by atoms with Gasteiger partial charge in [0.05, 0.1) is 0 Å². The van der Waals surface area contributed by atoms with Crippen LogP contribution in [0.25, 0.3) is 0 Å². The van der Waals surface area contributed by atoms with Crippen LogP contribution in [0.4, 0.5) is 0 Å². The van der Waals surface area contributed by atoms with Crippen molar-refractivity contribution in [2.45, 2.75) is 12.3 Å². The predicted molar refractivity (Wildman–Crippen MR) is 77.7 cm³/mol. The maximum Gasteiger partial charge on any atom is 0.0471 e. The number of hydrogen-bond donors (Lipinski definition) is 1. The van der Waals surface area contributed by atoms with E-state index in [2.05, 4.69) is 42.5 Å². The van der Waals surface area contributed by atoms with E-state index < -0.39 is 0 Å². The molecule has 0 heterocycles. The molecule has 1 nitrogen and oxygen atoms in total. The van der Waals surface area contributed by atoms with Gasteiger partial charge in [0, 0.05) is 17.9 Å². The summed E-state index contributed by atoms with van der Waals surface area (Å²) in [6.07, 6.45) is 7.18. The number of allylic oxidation sites excluding steroid dienone is 4. The highest BCUT2D eigenvalue weighted by Gasteiger charge is 2.52. The van der Waals surface area contributed by atoms with Gasteiger partial charge in [-0.15, -0.1) is 0 Å². The van der Waals surface area contributed by atoms with Crippen molar-refractivity contribution in [3.05, 3.63) is 59.7 Å². The Morgan fingerprint density at radius 1 is 1.17 bits per heavy atom. The number of benzene rings is 1. The van der Waals surface area contributed by atoms with E-state index in [1.807, 2.05) is 6.07 Å². The summed E-state index contributed by atoms with van der Waals surface area (Å²) in [4.78, 5) is 1.04. The van der Waals surface area contributed by atoms with Crippen molar-refractivity contribution < 1.29 is 5.11 Å². The lowest BCUT2D eigenvalue weighted by molar-refractivity contribution is 0.270.